The zero-order valence-corrected chi connectivity index (χ0v) is 22.4. The molecular formula is C26H25ClN2O5S2. The van der Waals surface area contributed by atoms with E-state index in [1.807, 2.05) is 43.3 Å². The Morgan fingerprint density at radius 2 is 1.64 bits per heavy atom. The lowest BCUT2D eigenvalue weighted by molar-refractivity contribution is -0.117. The highest BCUT2D eigenvalue weighted by molar-refractivity contribution is 8.08. The van der Waals surface area contributed by atoms with E-state index in [1.54, 1.807) is 36.3 Å². The van der Waals surface area contributed by atoms with Crippen LogP contribution in [0, 0.1) is 0 Å². The average Bonchev–Trinajstić information content (AvgIpc) is 2.97. The van der Waals surface area contributed by atoms with Crippen LogP contribution in [0.25, 0.3) is 4.91 Å². The highest BCUT2D eigenvalue weighted by Crippen LogP contribution is 2.46. The molecule has 0 N–H and O–H groups in total. The SMILES string of the molecule is COc1ccc(C2=C(OS(=O)(=O)c3ccc(Cl)cc3)C(=O)N(CCN(C)C)c3ccccc3S2)cc1. The number of likely N-dealkylation sites (N-methyl/N-ethyl adjacent to an activating group) is 1. The average molecular weight is 545 g/mol. The van der Waals surface area contributed by atoms with Gasteiger partial charge in [-0.15, -0.1) is 0 Å². The van der Waals surface area contributed by atoms with E-state index in [-0.39, 0.29) is 10.7 Å². The number of fused-ring (bicyclic) bond motifs is 1. The zero-order chi connectivity index (χ0) is 25.9. The fourth-order valence-electron chi connectivity index (χ4n) is 3.54. The second kappa shape index (κ2) is 11.0. The Morgan fingerprint density at radius 1 is 0.972 bits per heavy atom. The molecular weight excluding hydrogens is 520 g/mol. The van der Waals surface area contributed by atoms with Crippen molar-refractivity contribution in [2.24, 2.45) is 0 Å². The van der Waals surface area contributed by atoms with Crippen molar-refractivity contribution in [1.82, 2.24) is 4.90 Å². The van der Waals surface area contributed by atoms with E-state index in [4.69, 9.17) is 20.5 Å². The highest BCUT2D eigenvalue weighted by atomic mass is 35.5. The van der Waals surface area contributed by atoms with Crippen LogP contribution in [0.1, 0.15) is 5.56 Å². The fourth-order valence-corrected chi connectivity index (χ4v) is 5.78. The number of carbonyl (C=O) groups is 1. The van der Waals surface area contributed by atoms with Gasteiger partial charge in [0, 0.05) is 23.0 Å². The van der Waals surface area contributed by atoms with E-state index >= 15 is 0 Å². The largest absolute Gasteiger partial charge is 0.497 e. The molecule has 0 radical (unpaired) electrons. The molecule has 3 aromatic carbocycles. The summed E-state index contributed by atoms with van der Waals surface area (Å²) in [4.78, 5) is 18.6. The van der Waals surface area contributed by atoms with Gasteiger partial charge in [0.1, 0.15) is 10.6 Å². The first-order valence-corrected chi connectivity index (χ1v) is 13.6. The van der Waals surface area contributed by atoms with Gasteiger partial charge in [-0.1, -0.05) is 47.6 Å². The number of hydrogen-bond donors (Lipinski definition) is 0. The molecule has 4 rings (SSSR count). The third-order valence-corrected chi connectivity index (χ3v) is 8.11. The van der Waals surface area contributed by atoms with Gasteiger partial charge >= 0.3 is 10.1 Å². The van der Waals surface area contributed by atoms with Crippen LogP contribution in [0.5, 0.6) is 5.75 Å². The number of anilines is 1. The number of thioether (sulfide) groups is 1. The van der Waals surface area contributed by atoms with Crippen molar-refractivity contribution in [3.8, 4) is 5.75 Å². The summed E-state index contributed by atoms with van der Waals surface area (Å²) in [6, 6.07) is 20.1. The summed E-state index contributed by atoms with van der Waals surface area (Å²) >= 11 is 7.22. The smallest absolute Gasteiger partial charge is 0.339 e. The molecule has 1 heterocycles. The second-order valence-corrected chi connectivity index (χ2v) is 11.2. The van der Waals surface area contributed by atoms with Gasteiger partial charge in [0.2, 0.25) is 5.76 Å². The number of ether oxygens (including phenoxy) is 1. The molecule has 36 heavy (non-hydrogen) atoms. The number of amides is 1. The summed E-state index contributed by atoms with van der Waals surface area (Å²) in [5.74, 6) is -0.179. The highest BCUT2D eigenvalue weighted by Gasteiger charge is 2.35. The monoisotopic (exact) mass is 544 g/mol. The molecule has 0 fully saturated rings. The summed E-state index contributed by atoms with van der Waals surface area (Å²) in [6.45, 7) is 0.910. The first-order valence-electron chi connectivity index (χ1n) is 11.0. The number of hydrogen-bond acceptors (Lipinski definition) is 7. The quantitative estimate of drug-likeness (QED) is 0.364. The van der Waals surface area contributed by atoms with Crippen LogP contribution in [-0.4, -0.2) is 53.5 Å². The predicted molar refractivity (Wildman–Crippen MR) is 143 cm³/mol. The summed E-state index contributed by atoms with van der Waals surface area (Å²) in [5, 5.41) is 0.387. The molecule has 0 aromatic heterocycles. The lowest BCUT2D eigenvalue weighted by atomic mass is 10.1. The normalized spacial score (nSPS) is 14.0. The van der Waals surface area contributed by atoms with Crippen LogP contribution in [-0.2, 0) is 19.1 Å². The predicted octanol–water partition coefficient (Wildman–Crippen LogP) is 5.12. The van der Waals surface area contributed by atoms with Gasteiger partial charge in [-0.2, -0.15) is 8.42 Å². The van der Waals surface area contributed by atoms with Crippen LogP contribution in [0.3, 0.4) is 0 Å². The molecule has 0 spiro atoms. The van der Waals surface area contributed by atoms with Gasteiger partial charge < -0.3 is 18.7 Å². The van der Waals surface area contributed by atoms with Gasteiger partial charge in [-0.25, -0.2) is 0 Å². The van der Waals surface area contributed by atoms with Crippen molar-refractivity contribution in [1.29, 1.82) is 0 Å². The number of nitrogens with zero attached hydrogens (tertiary/aromatic N) is 2. The Labute approximate surface area is 220 Å². The molecule has 0 bridgehead atoms. The standard InChI is InChI=1S/C26H25ClN2O5S2/c1-28(2)16-17-29-22-6-4-5-7-23(22)35-25(18-8-12-20(33-3)13-9-18)24(26(29)30)34-36(31,32)21-14-10-19(27)11-15-21/h4-15H,16-17H2,1-3H3. The fraction of sp³-hybridized carbons (Fsp3) is 0.192. The van der Waals surface area contributed by atoms with E-state index in [0.29, 0.717) is 40.0 Å². The molecule has 7 nitrogen and oxygen atoms in total. The van der Waals surface area contributed by atoms with Gasteiger partial charge in [-0.05, 0) is 68.2 Å². The number of benzene rings is 3. The van der Waals surface area contributed by atoms with Gasteiger partial charge in [0.25, 0.3) is 5.91 Å². The van der Waals surface area contributed by atoms with Crippen molar-refractivity contribution in [2.75, 3.05) is 39.2 Å². The minimum absolute atomic E-state index is 0.104. The van der Waals surface area contributed by atoms with Crippen molar-refractivity contribution in [2.45, 2.75) is 9.79 Å². The van der Waals surface area contributed by atoms with Crippen LogP contribution in [0.15, 0.2) is 88.3 Å². The summed E-state index contributed by atoms with van der Waals surface area (Å²) in [5.41, 5.74) is 1.31. The first kappa shape index (κ1) is 26.1. The Hall–Kier alpha value is -2.98. The summed E-state index contributed by atoms with van der Waals surface area (Å²) in [7, 11) is 1.04. The summed E-state index contributed by atoms with van der Waals surface area (Å²) < 4.78 is 37.5. The van der Waals surface area contributed by atoms with E-state index in [2.05, 4.69) is 0 Å². The van der Waals surface area contributed by atoms with E-state index < -0.39 is 16.0 Å². The van der Waals surface area contributed by atoms with Crippen LogP contribution in [0.4, 0.5) is 5.69 Å². The molecule has 10 heteroatoms. The third-order valence-electron chi connectivity index (χ3n) is 5.43. The molecule has 0 aliphatic carbocycles. The molecule has 188 valence electrons. The molecule has 1 aliphatic rings. The molecule has 3 aromatic rings. The van der Waals surface area contributed by atoms with Gasteiger partial charge in [0.05, 0.1) is 17.7 Å². The number of rotatable bonds is 8. The number of para-hydroxylation sites is 1. The first-order chi connectivity index (χ1) is 17.2. The maximum Gasteiger partial charge on any atom is 0.339 e. The van der Waals surface area contributed by atoms with E-state index in [9.17, 15) is 13.2 Å². The Bertz CT molecular complexity index is 1390. The molecule has 0 unspecified atom stereocenters. The molecule has 1 aliphatic heterocycles. The minimum Gasteiger partial charge on any atom is -0.497 e. The number of carbonyl (C=O) groups excluding carboxylic acids is 1. The summed E-state index contributed by atoms with van der Waals surface area (Å²) in [6.07, 6.45) is 0. The Kier molecular flexibility index (Phi) is 7.94. The van der Waals surface area contributed by atoms with Crippen molar-refractivity contribution >= 4 is 50.0 Å². The lowest BCUT2D eigenvalue weighted by Gasteiger charge is -2.25. The molecule has 0 saturated carbocycles. The molecule has 0 atom stereocenters. The molecule has 1 amide bonds. The van der Waals surface area contributed by atoms with Crippen molar-refractivity contribution < 1.29 is 22.1 Å². The zero-order valence-electron chi connectivity index (χ0n) is 20.0. The van der Waals surface area contributed by atoms with Crippen LogP contribution >= 0.6 is 23.4 Å². The van der Waals surface area contributed by atoms with Crippen molar-refractivity contribution in [3.05, 3.63) is 89.1 Å². The van der Waals surface area contributed by atoms with E-state index in [0.717, 1.165) is 4.90 Å². The third kappa shape index (κ3) is 5.70. The second-order valence-electron chi connectivity index (χ2n) is 8.21. The Morgan fingerprint density at radius 3 is 2.28 bits per heavy atom. The number of methoxy groups -OCH3 is 1. The topological polar surface area (TPSA) is 76.1 Å². The van der Waals surface area contributed by atoms with E-state index in [1.165, 1.54) is 36.0 Å². The van der Waals surface area contributed by atoms with Gasteiger partial charge in [0.15, 0.2) is 0 Å². The number of halogens is 1. The van der Waals surface area contributed by atoms with Gasteiger partial charge in [-0.3, -0.25) is 4.79 Å². The lowest BCUT2D eigenvalue weighted by Crippen LogP contribution is -2.38. The molecule has 0 saturated heterocycles. The minimum atomic E-state index is -4.33. The van der Waals surface area contributed by atoms with Crippen molar-refractivity contribution in [3.63, 3.8) is 0 Å². The maximum atomic E-state index is 14.0. The Balaban J connectivity index is 1.88. The maximum absolute atomic E-state index is 14.0. The van der Waals surface area contributed by atoms with Crippen LogP contribution < -0.4 is 9.64 Å². The van der Waals surface area contributed by atoms with Crippen LogP contribution in [0.2, 0.25) is 5.02 Å².